The summed E-state index contributed by atoms with van der Waals surface area (Å²) in [4.78, 5) is 38.0. The number of benzene rings is 2. The van der Waals surface area contributed by atoms with E-state index in [2.05, 4.69) is 15.2 Å². The monoisotopic (exact) mass is 427 g/mol. The molecule has 7 nitrogen and oxygen atoms in total. The fraction of sp³-hybridized carbons (Fsp3) is 0.280. The van der Waals surface area contributed by atoms with Gasteiger partial charge in [-0.15, -0.1) is 0 Å². The van der Waals surface area contributed by atoms with Crippen LogP contribution in [-0.2, 0) is 9.59 Å². The van der Waals surface area contributed by atoms with Crippen molar-refractivity contribution < 1.29 is 9.59 Å². The lowest BCUT2D eigenvalue weighted by Gasteiger charge is -2.19. The topological polar surface area (TPSA) is 78.4 Å². The molecule has 1 aromatic heterocycles. The first kappa shape index (κ1) is 20.2. The number of hydrogen-bond donors (Lipinski definition) is 1. The molecule has 162 valence electrons. The quantitative estimate of drug-likeness (QED) is 0.623. The van der Waals surface area contributed by atoms with Crippen LogP contribution >= 0.6 is 0 Å². The van der Waals surface area contributed by atoms with E-state index < -0.39 is 0 Å². The van der Waals surface area contributed by atoms with Crippen LogP contribution in [0.15, 0.2) is 54.6 Å². The van der Waals surface area contributed by atoms with Crippen molar-refractivity contribution in [2.24, 2.45) is 0 Å². The molecule has 1 N–H and O–H groups in total. The van der Waals surface area contributed by atoms with E-state index in [1.165, 1.54) is 6.08 Å². The summed E-state index contributed by atoms with van der Waals surface area (Å²) < 4.78 is 0. The number of rotatable bonds is 5. The van der Waals surface area contributed by atoms with Crippen molar-refractivity contribution >= 4 is 46.2 Å². The minimum Gasteiger partial charge on any atom is -0.354 e. The molecule has 2 aliphatic heterocycles. The Labute approximate surface area is 186 Å². The third-order valence-electron chi connectivity index (χ3n) is 5.90. The Morgan fingerprint density at radius 3 is 2.31 bits per heavy atom. The number of carbonyl (C=O) groups excluding carboxylic acids is 2. The minimum absolute atomic E-state index is 0.165. The molecule has 3 heterocycles. The van der Waals surface area contributed by atoms with Gasteiger partial charge in [0.2, 0.25) is 11.8 Å². The zero-order valence-electron chi connectivity index (χ0n) is 17.8. The van der Waals surface area contributed by atoms with Crippen molar-refractivity contribution in [2.75, 3.05) is 34.8 Å². The Balaban J connectivity index is 1.32. The Bertz CT molecular complexity index is 1180. The molecule has 7 heteroatoms. The van der Waals surface area contributed by atoms with Gasteiger partial charge in [0, 0.05) is 37.8 Å². The van der Waals surface area contributed by atoms with Gasteiger partial charge in [0.05, 0.1) is 11.0 Å². The second-order valence-electron chi connectivity index (χ2n) is 8.14. The number of fused-ring (bicyclic) bond motifs is 1. The smallest absolute Gasteiger partial charge is 0.249 e. The Kier molecular flexibility index (Phi) is 5.54. The van der Waals surface area contributed by atoms with Crippen molar-refractivity contribution in [1.29, 1.82) is 0 Å². The Morgan fingerprint density at radius 2 is 1.62 bits per heavy atom. The number of nitrogens with one attached hydrogen (secondary N) is 1. The fourth-order valence-corrected chi connectivity index (χ4v) is 4.24. The van der Waals surface area contributed by atoms with Crippen LogP contribution in [0.3, 0.4) is 0 Å². The fourth-order valence-electron chi connectivity index (χ4n) is 4.24. The molecule has 0 atom stereocenters. The number of anilines is 3. The zero-order valence-corrected chi connectivity index (χ0v) is 17.8. The third kappa shape index (κ3) is 4.19. The van der Waals surface area contributed by atoms with Crippen LogP contribution in [0, 0.1) is 0 Å². The van der Waals surface area contributed by atoms with Crippen LogP contribution in [0.25, 0.3) is 17.1 Å². The van der Waals surface area contributed by atoms with Crippen molar-refractivity contribution in [2.45, 2.75) is 25.7 Å². The molecular weight excluding hydrogens is 402 g/mol. The summed E-state index contributed by atoms with van der Waals surface area (Å²) >= 11 is 0. The van der Waals surface area contributed by atoms with E-state index in [1.54, 1.807) is 11.0 Å². The van der Waals surface area contributed by atoms with Gasteiger partial charge in [-0.25, -0.2) is 9.97 Å². The first-order chi connectivity index (χ1) is 15.7. The van der Waals surface area contributed by atoms with Crippen LogP contribution < -0.4 is 15.1 Å². The van der Waals surface area contributed by atoms with Gasteiger partial charge in [-0.2, -0.15) is 0 Å². The maximum Gasteiger partial charge on any atom is 0.249 e. The molecule has 2 fully saturated rings. The second-order valence-corrected chi connectivity index (χ2v) is 8.14. The molecule has 0 radical (unpaired) electrons. The molecule has 2 aliphatic rings. The summed E-state index contributed by atoms with van der Waals surface area (Å²) in [5.41, 5.74) is 3.36. The highest BCUT2D eigenvalue weighted by Gasteiger charge is 2.22. The van der Waals surface area contributed by atoms with Crippen molar-refractivity contribution in [3.05, 3.63) is 60.2 Å². The predicted molar refractivity (Wildman–Crippen MR) is 127 cm³/mol. The van der Waals surface area contributed by atoms with E-state index in [4.69, 9.17) is 4.98 Å². The highest BCUT2D eigenvalue weighted by Crippen LogP contribution is 2.28. The molecule has 5 rings (SSSR count). The molecular formula is C25H25N5O2. The Morgan fingerprint density at radius 1 is 0.906 bits per heavy atom. The summed E-state index contributed by atoms with van der Waals surface area (Å²) in [5.74, 6) is 1.12. The summed E-state index contributed by atoms with van der Waals surface area (Å²) in [7, 11) is 0. The SMILES string of the molecule is O=C(/C=C/c1ccc(N2CCCC2=O)cc1)Nc1nc2ccccc2nc1N1CCCC1. The van der Waals surface area contributed by atoms with E-state index in [9.17, 15) is 9.59 Å². The average Bonchev–Trinajstić information content (AvgIpc) is 3.50. The summed E-state index contributed by atoms with van der Waals surface area (Å²) in [5, 5.41) is 2.92. The standard InChI is InChI=1S/C25H25N5O2/c31-22(14-11-18-9-12-19(13-10-18)30-17-5-8-23(30)32)28-24-25(29-15-3-4-16-29)27-21-7-2-1-6-20(21)26-24/h1-2,6-7,9-14H,3-5,8,15-17H2,(H,26,28,31)/b14-11+. The molecule has 0 unspecified atom stereocenters. The molecule has 2 aromatic carbocycles. The largest absolute Gasteiger partial charge is 0.354 e. The van der Waals surface area contributed by atoms with Crippen molar-refractivity contribution in [3.8, 4) is 0 Å². The molecule has 0 saturated carbocycles. The van der Waals surface area contributed by atoms with Gasteiger partial charge in [0.15, 0.2) is 11.6 Å². The molecule has 2 amide bonds. The molecule has 3 aromatic rings. The van der Waals surface area contributed by atoms with Crippen LogP contribution in [0.2, 0.25) is 0 Å². The molecule has 0 spiro atoms. The number of nitrogens with zero attached hydrogens (tertiary/aromatic N) is 4. The van der Waals surface area contributed by atoms with E-state index in [-0.39, 0.29) is 11.8 Å². The summed E-state index contributed by atoms with van der Waals surface area (Å²) in [6.45, 7) is 2.60. The summed E-state index contributed by atoms with van der Waals surface area (Å²) in [6.07, 6.45) is 6.99. The predicted octanol–water partition coefficient (Wildman–Crippen LogP) is 4.01. The number of amides is 2. The number of carbonyl (C=O) groups is 2. The van der Waals surface area contributed by atoms with E-state index in [0.29, 0.717) is 12.2 Å². The van der Waals surface area contributed by atoms with Gasteiger partial charge in [0.25, 0.3) is 0 Å². The minimum atomic E-state index is -0.256. The Hall–Kier alpha value is -3.74. The van der Waals surface area contributed by atoms with E-state index in [1.807, 2.05) is 48.5 Å². The number of para-hydroxylation sites is 2. The molecule has 0 aliphatic carbocycles. The van der Waals surface area contributed by atoms with Crippen LogP contribution in [0.4, 0.5) is 17.3 Å². The zero-order chi connectivity index (χ0) is 21.9. The lowest BCUT2D eigenvalue weighted by molar-refractivity contribution is -0.117. The summed E-state index contributed by atoms with van der Waals surface area (Å²) in [6, 6.07) is 15.4. The van der Waals surface area contributed by atoms with Crippen LogP contribution in [-0.4, -0.2) is 41.4 Å². The van der Waals surface area contributed by atoms with Crippen molar-refractivity contribution in [1.82, 2.24) is 9.97 Å². The molecule has 2 saturated heterocycles. The lowest BCUT2D eigenvalue weighted by atomic mass is 10.2. The number of hydrogen-bond acceptors (Lipinski definition) is 5. The van der Waals surface area contributed by atoms with Crippen molar-refractivity contribution in [3.63, 3.8) is 0 Å². The maximum absolute atomic E-state index is 12.7. The maximum atomic E-state index is 12.7. The molecule has 0 bridgehead atoms. The lowest BCUT2D eigenvalue weighted by Crippen LogP contribution is -2.23. The highest BCUT2D eigenvalue weighted by atomic mass is 16.2. The van der Waals surface area contributed by atoms with Gasteiger partial charge in [-0.3, -0.25) is 9.59 Å². The van der Waals surface area contributed by atoms with E-state index >= 15 is 0 Å². The molecule has 32 heavy (non-hydrogen) atoms. The van der Waals surface area contributed by atoms with Gasteiger partial charge >= 0.3 is 0 Å². The van der Waals surface area contributed by atoms with Crippen LogP contribution in [0.1, 0.15) is 31.2 Å². The highest BCUT2D eigenvalue weighted by molar-refractivity contribution is 6.03. The van der Waals surface area contributed by atoms with E-state index in [0.717, 1.165) is 67.0 Å². The average molecular weight is 428 g/mol. The normalized spacial score (nSPS) is 16.4. The van der Waals surface area contributed by atoms with Gasteiger partial charge < -0.3 is 15.1 Å². The van der Waals surface area contributed by atoms with Gasteiger partial charge in [-0.1, -0.05) is 24.3 Å². The first-order valence-electron chi connectivity index (χ1n) is 11.1. The second kappa shape index (κ2) is 8.78. The van der Waals surface area contributed by atoms with Gasteiger partial charge in [-0.05, 0) is 55.2 Å². The van der Waals surface area contributed by atoms with Crippen LogP contribution in [0.5, 0.6) is 0 Å². The third-order valence-corrected chi connectivity index (χ3v) is 5.90. The van der Waals surface area contributed by atoms with Gasteiger partial charge in [0.1, 0.15) is 0 Å². The number of aromatic nitrogens is 2. The first-order valence-corrected chi connectivity index (χ1v) is 11.1.